The number of carbonyl (C=O) groups excluding carboxylic acids is 1. The fraction of sp³-hybridized carbons (Fsp3) is 0.667. The summed E-state index contributed by atoms with van der Waals surface area (Å²) in [5.41, 5.74) is 2.18. The van der Waals surface area contributed by atoms with Crippen molar-refractivity contribution in [1.82, 2.24) is 15.1 Å². The fourth-order valence-corrected chi connectivity index (χ4v) is 1.69. The van der Waals surface area contributed by atoms with Gasteiger partial charge in [0.15, 0.2) is 0 Å². The van der Waals surface area contributed by atoms with Crippen LogP contribution in [0.15, 0.2) is 6.07 Å². The summed E-state index contributed by atoms with van der Waals surface area (Å²) in [4.78, 5) is 11.2. The van der Waals surface area contributed by atoms with E-state index in [2.05, 4.69) is 23.4 Å². The summed E-state index contributed by atoms with van der Waals surface area (Å²) in [6.07, 6.45) is 0. The van der Waals surface area contributed by atoms with Gasteiger partial charge in [-0.2, -0.15) is 5.10 Å². The molecule has 1 atom stereocenters. The van der Waals surface area contributed by atoms with E-state index in [9.17, 15) is 4.79 Å². The van der Waals surface area contributed by atoms with Gasteiger partial charge in [0.1, 0.15) is 6.61 Å². The van der Waals surface area contributed by atoms with Gasteiger partial charge in [-0.05, 0) is 25.8 Å². The third-order valence-corrected chi connectivity index (χ3v) is 2.51. The molecule has 5 nitrogen and oxygen atoms in total. The number of ether oxygens (including phenoxy) is 1. The SMILES string of the molecule is COCC(=O)NC[C@@H](C)Cn1nc(C)cc1C. The second-order valence-electron chi connectivity index (χ2n) is 4.45. The highest BCUT2D eigenvalue weighted by Crippen LogP contribution is 2.05. The number of hydrogen-bond donors (Lipinski definition) is 1. The van der Waals surface area contributed by atoms with Gasteiger partial charge in [-0.25, -0.2) is 0 Å². The number of rotatable bonds is 6. The summed E-state index contributed by atoms with van der Waals surface area (Å²) in [6.45, 7) is 7.67. The molecule has 1 aromatic heterocycles. The molecule has 0 radical (unpaired) electrons. The molecule has 17 heavy (non-hydrogen) atoms. The van der Waals surface area contributed by atoms with Crippen molar-refractivity contribution in [2.45, 2.75) is 27.3 Å². The minimum absolute atomic E-state index is 0.0762. The minimum atomic E-state index is -0.0762. The van der Waals surface area contributed by atoms with E-state index in [-0.39, 0.29) is 12.5 Å². The summed E-state index contributed by atoms with van der Waals surface area (Å²) in [5, 5.41) is 7.22. The molecule has 0 saturated heterocycles. The van der Waals surface area contributed by atoms with Gasteiger partial charge in [0.25, 0.3) is 0 Å². The molecule has 1 aromatic rings. The summed E-state index contributed by atoms with van der Waals surface area (Å²) >= 11 is 0. The van der Waals surface area contributed by atoms with E-state index in [1.807, 2.05) is 18.5 Å². The van der Waals surface area contributed by atoms with E-state index in [4.69, 9.17) is 4.74 Å². The molecule has 96 valence electrons. The van der Waals surface area contributed by atoms with Crippen LogP contribution in [-0.4, -0.2) is 35.9 Å². The van der Waals surface area contributed by atoms with Crippen LogP contribution in [0.1, 0.15) is 18.3 Å². The maximum atomic E-state index is 11.2. The van der Waals surface area contributed by atoms with Crippen LogP contribution in [0.3, 0.4) is 0 Å². The number of carbonyl (C=O) groups is 1. The largest absolute Gasteiger partial charge is 0.375 e. The van der Waals surface area contributed by atoms with Gasteiger partial charge >= 0.3 is 0 Å². The summed E-state index contributed by atoms with van der Waals surface area (Å²) in [6, 6.07) is 2.05. The van der Waals surface area contributed by atoms with Crippen LogP contribution in [0.4, 0.5) is 0 Å². The van der Waals surface area contributed by atoms with E-state index < -0.39 is 0 Å². The van der Waals surface area contributed by atoms with Gasteiger partial charge in [0, 0.05) is 25.9 Å². The van der Waals surface area contributed by atoms with Gasteiger partial charge in [0.05, 0.1) is 5.69 Å². The van der Waals surface area contributed by atoms with E-state index in [1.54, 1.807) is 0 Å². The molecular weight excluding hydrogens is 218 g/mol. The molecule has 0 unspecified atom stereocenters. The highest BCUT2D eigenvalue weighted by Gasteiger charge is 2.08. The topological polar surface area (TPSA) is 56.1 Å². The molecule has 1 rings (SSSR count). The smallest absolute Gasteiger partial charge is 0.245 e. The number of nitrogens with one attached hydrogen (secondary N) is 1. The molecule has 0 fully saturated rings. The molecule has 0 aliphatic carbocycles. The second-order valence-corrected chi connectivity index (χ2v) is 4.45. The average Bonchev–Trinajstić information content (AvgIpc) is 2.55. The van der Waals surface area contributed by atoms with Crippen LogP contribution in [0, 0.1) is 19.8 Å². The van der Waals surface area contributed by atoms with E-state index >= 15 is 0 Å². The standard InChI is InChI=1S/C12H21N3O2/c1-9(6-13-12(16)8-17-4)7-15-11(3)5-10(2)14-15/h5,9H,6-8H2,1-4H3,(H,13,16)/t9-/m1/s1. The predicted octanol–water partition coefficient (Wildman–Crippen LogP) is 0.899. The quantitative estimate of drug-likeness (QED) is 0.802. The molecule has 0 bridgehead atoms. The molecule has 0 spiro atoms. The number of methoxy groups -OCH3 is 1. The lowest BCUT2D eigenvalue weighted by Crippen LogP contribution is -2.32. The zero-order valence-electron chi connectivity index (χ0n) is 11.0. The van der Waals surface area contributed by atoms with Crippen molar-refractivity contribution in [2.75, 3.05) is 20.3 Å². The second kappa shape index (κ2) is 6.39. The first-order chi connectivity index (χ1) is 8.02. The fourth-order valence-electron chi connectivity index (χ4n) is 1.69. The number of amides is 1. The van der Waals surface area contributed by atoms with Crippen molar-refractivity contribution in [3.63, 3.8) is 0 Å². The maximum absolute atomic E-state index is 11.2. The lowest BCUT2D eigenvalue weighted by atomic mass is 10.2. The number of aryl methyl sites for hydroxylation is 2. The van der Waals surface area contributed by atoms with Crippen LogP contribution in [0.25, 0.3) is 0 Å². The Labute approximate surface area is 102 Å². The van der Waals surface area contributed by atoms with Gasteiger partial charge in [0.2, 0.25) is 5.91 Å². The Morgan fingerprint density at radius 3 is 2.82 bits per heavy atom. The van der Waals surface area contributed by atoms with Crippen LogP contribution < -0.4 is 5.32 Å². The molecule has 0 aliphatic rings. The van der Waals surface area contributed by atoms with Crippen LogP contribution >= 0.6 is 0 Å². The Hall–Kier alpha value is -1.36. The van der Waals surface area contributed by atoms with E-state index in [0.29, 0.717) is 12.5 Å². The lowest BCUT2D eigenvalue weighted by Gasteiger charge is -2.13. The minimum Gasteiger partial charge on any atom is -0.375 e. The van der Waals surface area contributed by atoms with Gasteiger partial charge in [-0.1, -0.05) is 6.92 Å². The Bertz CT molecular complexity index is 374. The summed E-state index contributed by atoms with van der Waals surface area (Å²) in [7, 11) is 1.51. The summed E-state index contributed by atoms with van der Waals surface area (Å²) in [5.74, 6) is 0.265. The highest BCUT2D eigenvalue weighted by atomic mass is 16.5. The van der Waals surface area contributed by atoms with Crippen molar-refractivity contribution >= 4 is 5.91 Å². The van der Waals surface area contributed by atoms with Crippen molar-refractivity contribution in [1.29, 1.82) is 0 Å². The van der Waals surface area contributed by atoms with Gasteiger partial charge in [-0.15, -0.1) is 0 Å². The van der Waals surface area contributed by atoms with E-state index in [0.717, 1.165) is 17.9 Å². The number of hydrogen-bond acceptors (Lipinski definition) is 3. The molecule has 1 N–H and O–H groups in total. The van der Waals surface area contributed by atoms with Gasteiger partial charge in [-0.3, -0.25) is 9.48 Å². The zero-order valence-corrected chi connectivity index (χ0v) is 11.0. The Morgan fingerprint density at radius 2 is 2.29 bits per heavy atom. The molecule has 5 heteroatoms. The first-order valence-corrected chi connectivity index (χ1v) is 5.79. The molecule has 1 amide bonds. The molecular formula is C12H21N3O2. The number of nitrogens with zero attached hydrogens (tertiary/aromatic N) is 2. The third-order valence-electron chi connectivity index (χ3n) is 2.51. The monoisotopic (exact) mass is 239 g/mol. The van der Waals surface area contributed by atoms with Crippen molar-refractivity contribution < 1.29 is 9.53 Å². The summed E-state index contributed by atoms with van der Waals surface area (Å²) < 4.78 is 6.72. The Morgan fingerprint density at radius 1 is 1.59 bits per heavy atom. The Kier molecular flexibility index (Phi) is 5.15. The van der Waals surface area contributed by atoms with E-state index in [1.165, 1.54) is 7.11 Å². The van der Waals surface area contributed by atoms with Crippen molar-refractivity contribution in [3.8, 4) is 0 Å². The zero-order chi connectivity index (χ0) is 12.8. The predicted molar refractivity (Wildman–Crippen MR) is 65.8 cm³/mol. The molecule has 0 aliphatic heterocycles. The maximum Gasteiger partial charge on any atom is 0.245 e. The van der Waals surface area contributed by atoms with Crippen LogP contribution in [0.5, 0.6) is 0 Å². The third kappa shape index (κ3) is 4.56. The molecule has 0 aromatic carbocycles. The normalized spacial score (nSPS) is 12.5. The first-order valence-electron chi connectivity index (χ1n) is 5.79. The number of aromatic nitrogens is 2. The lowest BCUT2D eigenvalue weighted by molar-refractivity contribution is -0.124. The van der Waals surface area contributed by atoms with Gasteiger partial charge < -0.3 is 10.1 Å². The van der Waals surface area contributed by atoms with Crippen molar-refractivity contribution in [3.05, 3.63) is 17.5 Å². The van der Waals surface area contributed by atoms with Crippen LogP contribution in [0.2, 0.25) is 0 Å². The van der Waals surface area contributed by atoms with Crippen LogP contribution in [-0.2, 0) is 16.1 Å². The van der Waals surface area contributed by atoms with Crippen molar-refractivity contribution in [2.24, 2.45) is 5.92 Å². The Balaban J connectivity index is 2.37. The first kappa shape index (κ1) is 13.7. The molecule has 0 saturated carbocycles. The highest BCUT2D eigenvalue weighted by molar-refractivity contribution is 5.77. The average molecular weight is 239 g/mol. The molecule has 1 heterocycles.